The number of phenols is 1. The summed E-state index contributed by atoms with van der Waals surface area (Å²) in [5.41, 5.74) is 0.750. The molecule has 1 atom stereocenters. The van der Waals surface area contributed by atoms with Crippen molar-refractivity contribution >= 4 is 18.0 Å². The number of hydrogen-bond donors (Lipinski definition) is 1. The number of allylic oxidation sites excluding steroid dienone is 1. The molecule has 2 nitrogen and oxygen atoms in total. The normalized spacial score (nSPS) is 19.4. The Morgan fingerprint density at radius 2 is 2.33 bits per heavy atom. The van der Waals surface area contributed by atoms with Gasteiger partial charge in [-0.25, -0.2) is 4.39 Å². The third-order valence-electron chi connectivity index (χ3n) is 2.30. The highest BCUT2D eigenvalue weighted by Gasteiger charge is 2.17. The van der Waals surface area contributed by atoms with Gasteiger partial charge in [-0.15, -0.1) is 11.8 Å². The SMILES string of the molecule is O=Cc1cc(C2CC=CS2)cc(F)c1O. The molecule has 0 saturated carbocycles. The Morgan fingerprint density at radius 3 is 2.93 bits per heavy atom. The molecule has 0 aromatic heterocycles. The smallest absolute Gasteiger partial charge is 0.165 e. The Balaban J connectivity index is 2.40. The van der Waals surface area contributed by atoms with Crippen LogP contribution in [-0.4, -0.2) is 11.4 Å². The van der Waals surface area contributed by atoms with Gasteiger partial charge in [-0.05, 0) is 29.5 Å². The molecule has 2 rings (SSSR count). The summed E-state index contributed by atoms with van der Waals surface area (Å²) in [5.74, 6) is -1.30. The van der Waals surface area contributed by atoms with Crippen LogP contribution in [0.1, 0.15) is 27.6 Å². The van der Waals surface area contributed by atoms with Crippen molar-refractivity contribution in [2.24, 2.45) is 0 Å². The lowest BCUT2D eigenvalue weighted by Crippen LogP contribution is -1.94. The Bertz CT molecular complexity index is 421. The van der Waals surface area contributed by atoms with Gasteiger partial charge in [0.1, 0.15) is 0 Å². The van der Waals surface area contributed by atoms with Gasteiger partial charge in [0.15, 0.2) is 17.9 Å². The topological polar surface area (TPSA) is 37.3 Å². The molecule has 0 radical (unpaired) electrons. The number of halogens is 1. The van der Waals surface area contributed by atoms with Crippen LogP contribution in [-0.2, 0) is 0 Å². The van der Waals surface area contributed by atoms with Crippen molar-refractivity contribution < 1.29 is 14.3 Å². The van der Waals surface area contributed by atoms with Crippen molar-refractivity contribution in [1.29, 1.82) is 0 Å². The third-order valence-corrected chi connectivity index (χ3v) is 3.45. The average molecular weight is 224 g/mol. The largest absolute Gasteiger partial charge is 0.504 e. The van der Waals surface area contributed by atoms with Crippen LogP contribution in [0, 0.1) is 5.82 Å². The molecule has 1 N–H and O–H groups in total. The number of thioether (sulfide) groups is 1. The molecule has 0 aliphatic carbocycles. The molecule has 15 heavy (non-hydrogen) atoms. The molecule has 1 aliphatic heterocycles. The molecule has 4 heteroatoms. The second kappa shape index (κ2) is 4.06. The van der Waals surface area contributed by atoms with Crippen molar-refractivity contribution in [2.75, 3.05) is 0 Å². The molecule has 1 heterocycles. The maximum Gasteiger partial charge on any atom is 0.165 e. The van der Waals surface area contributed by atoms with Crippen LogP contribution in [0.25, 0.3) is 0 Å². The summed E-state index contributed by atoms with van der Waals surface area (Å²) in [6, 6.07) is 2.82. The number of phenolic OH excluding ortho intramolecular Hbond substituents is 1. The van der Waals surface area contributed by atoms with Crippen LogP contribution < -0.4 is 0 Å². The summed E-state index contributed by atoms with van der Waals surface area (Å²) in [6.45, 7) is 0. The molecule has 0 saturated heterocycles. The van der Waals surface area contributed by atoms with Crippen LogP contribution in [0.4, 0.5) is 4.39 Å². The number of aromatic hydroxyl groups is 1. The number of hydrogen-bond acceptors (Lipinski definition) is 3. The first-order valence-electron chi connectivity index (χ1n) is 4.50. The standard InChI is InChI=1S/C11H9FO2S/c12-9-5-7(10-2-1-3-15-10)4-8(6-13)11(9)14/h1,3-6,10,14H,2H2. The molecule has 0 amide bonds. The minimum atomic E-state index is -0.734. The Kier molecular flexibility index (Phi) is 2.77. The molecule has 0 bridgehead atoms. The first kappa shape index (κ1) is 10.2. The van der Waals surface area contributed by atoms with Gasteiger partial charge in [0, 0.05) is 5.25 Å². The van der Waals surface area contributed by atoms with E-state index >= 15 is 0 Å². The fourth-order valence-corrected chi connectivity index (χ4v) is 2.44. The van der Waals surface area contributed by atoms with Crippen LogP contribution in [0.2, 0.25) is 0 Å². The maximum atomic E-state index is 13.2. The van der Waals surface area contributed by atoms with Gasteiger partial charge in [-0.1, -0.05) is 6.08 Å². The van der Waals surface area contributed by atoms with E-state index in [1.807, 2.05) is 11.5 Å². The zero-order valence-corrected chi connectivity index (χ0v) is 8.63. The van der Waals surface area contributed by atoms with E-state index in [9.17, 15) is 14.3 Å². The van der Waals surface area contributed by atoms with E-state index in [-0.39, 0.29) is 10.8 Å². The fourth-order valence-electron chi connectivity index (χ4n) is 1.52. The second-order valence-corrected chi connectivity index (χ2v) is 4.40. The van der Waals surface area contributed by atoms with Gasteiger partial charge in [0.25, 0.3) is 0 Å². The van der Waals surface area contributed by atoms with Crippen LogP contribution in [0.3, 0.4) is 0 Å². The molecule has 0 fully saturated rings. The molecule has 1 aliphatic rings. The Hall–Kier alpha value is -1.29. The monoisotopic (exact) mass is 224 g/mol. The summed E-state index contributed by atoms with van der Waals surface area (Å²) in [7, 11) is 0. The zero-order valence-electron chi connectivity index (χ0n) is 7.81. The minimum Gasteiger partial charge on any atom is -0.504 e. The van der Waals surface area contributed by atoms with E-state index in [0.717, 1.165) is 12.0 Å². The van der Waals surface area contributed by atoms with Crippen LogP contribution in [0.15, 0.2) is 23.6 Å². The summed E-state index contributed by atoms with van der Waals surface area (Å²) in [5, 5.41) is 11.3. The lowest BCUT2D eigenvalue weighted by molar-refractivity contribution is 0.112. The second-order valence-electron chi connectivity index (χ2n) is 3.29. The lowest BCUT2D eigenvalue weighted by Gasteiger charge is -2.10. The van der Waals surface area contributed by atoms with Crippen LogP contribution >= 0.6 is 11.8 Å². The molecule has 1 aromatic carbocycles. The van der Waals surface area contributed by atoms with E-state index in [4.69, 9.17) is 0 Å². The molecule has 0 spiro atoms. The van der Waals surface area contributed by atoms with E-state index in [1.165, 1.54) is 12.1 Å². The van der Waals surface area contributed by atoms with Gasteiger partial charge in [0.2, 0.25) is 0 Å². The quantitative estimate of drug-likeness (QED) is 0.784. The average Bonchev–Trinajstić information content (AvgIpc) is 2.75. The number of carbonyl (C=O) groups is 1. The maximum absolute atomic E-state index is 13.2. The molecular weight excluding hydrogens is 215 g/mol. The highest BCUT2D eigenvalue weighted by atomic mass is 32.2. The molecule has 1 aromatic rings. The number of aldehydes is 1. The summed E-state index contributed by atoms with van der Waals surface area (Å²) in [6.07, 6.45) is 3.29. The highest BCUT2D eigenvalue weighted by Crippen LogP contribution is 2.39. The van der Waals surface area contributed by atoms with Crippen molar-refractivity contribution in [3.63, 3.8) is 0 Å². The highest BCUT2D eigenvalue weighted by molar-refractivity contribution is 8.02. The fraction of sp³-hybridized carbons (Fsp3) is 0.182. The van der Waals surface area contributed by atoms with Gasteiger partial charge in [-0.2, -0.15) is 0 Å². The van der Waals surface area contributed by atoms with Crippen molar-refractivity contribution in [3.8, 4) is 5.75 Å². The van der Waals surface area contributed by atoms with Gasteiger partial charge in [-0.3, -0.25) is 4.79 Å². The summed E-state index contributed by atoms with van der Waals surface area (Å²) < 4.78 is 13.2. The zero-order chi connectivity index (χ0) is 10.8. The van der Waals surface area contributed by atoms with Gasteiger partial charge in [0.05, 0.1) is 5.56 Å². The minimum absolute atomic E-state index is 0.0116. The van der Waals surface area contributed by atoms with E-state index in [0.29, 0.717) is 6.29 Å². The van der Waals surface area contributed by atoms with E-state index in [2.05, 4.69) is 0 Å². The predicted octanol–water partition coefficient (Wildman–Crippen LogP) is 3.04. The number of carbonyl (C=O) groups excluding carboxylic acids is 1. The summed E-state index contributed by atoms with van der Waals surface area (Å²) >= 11 is 1.58. The van der Waals surface area contributed by atoms with Crippen molar-refractivity contribution in [2.45, 2.75) is 11.7 Å². The Morgan fingerprint density at radius 1 is 1.53 bits per heavy atom. The molecular formula is C11H9FO2S. The van der Waals surface area contributed by atoms with Crippen molar-refractivity contribution in [1.82, 2.24) is 0 Å². The van der Waals surface area contributed by atoms with Gasteiger partial charge < -0.3 is 5.11 Å². The first-order valence-corrected chi connectivity index (χ1v) is 5.44. The van der Waals surface area contributed by atoms with E-state index in [1.54, 1.807) is 11.8 Å². The number of rotatable bonds is 2. The lowest BCUT2D eigenvalue weighted by atomic mass is 10.1. The Labute approximate surface area is 90.8 Å². The summed E-state index contributed by atoms with van der Waals surface area (Å²) in [4.78, 5) is 10.6. The first-order chi connectivity index (χ1) is 7.22. The van der Waals surface area contributed by atoms with Crippen LogP contribution in [0.5, 0.6) is 5.75 Å². The van der Waals surface area contributed by atoms with Gasteiger partial charge >= 0.3 is 0 Å². The molecule has 78 valence electrons. The van der Waals surface area contributed by atoms with Crippen molar-refractivity contribution in [3.05, 3.63) is 40.6 Å². The predicted molar refractivity (Wildman–Crippen MR) is 57.5 cm³/mol. The number of benzene rings is 1. The molecule has 1 unspecified atom stereocenters. The van der Waals surface area contributed by atoms with E-state index < -0.39 is 11.6 Å². The third kappa shape index (κ3) is 1.90.